The molecule has 14 heteroatoms. The van der Waals surface area contributed by atoms with Crippen molar-refractivity contribution in [3.63, 3.8) is 0 Å². The van der Waals surface area contributed by atoms with Crippen molar-refractivity contribution in [1.29, 1.82) is 0 Å². The Balaban J connectivity index is 4.50. The van der Waals surface area contributed by atoms with Crippen molar-refractivity contribution in [2.75, 3.05) is 50.5 Å². The van der Waals surface area contributed by atoms with Crippen LogP contribution in [0.2, 0.25) is 0 Å². The van der Waals surface area contributed by atoms with E-state index in [1.165, 1.54) is 25.6 Å². The smallest absolute Gasteiger partial charge is 0.407 e. The van der Waals surface area contributed by atoms with E-state index in [9.17, 15) is 24.0 Å². The first kappa shape index (κ1) is 32.1. The van der Waals surface area contributed by atoms with Crippen LogP contribution in [0.15, 0.2) is 24.3 Å². The highest BCUT2D eigenvalue weighted by Gasteiger charge is 2.18. The number of thioether (sulfide) groups is 1. The van der Waals surface area contributed by atoms with Crippen molar-refractivity contribution in [1.82, 2.24) is 10.6 Å². The van der Waals surface area contributed by atoms with Crippen LogP contribution in [0, 0.1) is 0 Å². The number of ether oxygens (including phenoxy) is 5. The van der Waals surface area contributed by atoms with Gasteiger partial charge in [-0.3, -0.25) is 4.79 Å². The summed E-state index contributed by atoms with van der Waals surface area (Å²) < 4.78 is 24.6. The minimum absolute atomic E-state index is 0.00417. The summed E-state index contributed by atoms with van der Waals surface area (Å²) in [6, 6.07) is -0.244. The molecule has 1 atom stereocenters. The Bertz CT molecular complexity index is 762. The molecule has 0 aromatic carbocycles. The van der Waals surface area contributed by atoms with Gasteiger partial charge in [0.15, 0.2) is 6.07 Å². The highest BCUT2D eigenvalue weighted by Crippen LogP contribution is 2.10. The van der Waals surface area contributed by atoms with Crippen LogP contribution in [0.3, 0.4) is 0 Å². The van der Waals surface area contributed by atoms with Crippen molar-refractivity contribution in [2.45, 2.75) is 26.4 Å². The average Bonchev–Trinajstić information content (AvgIpc) is 2.80. The summed E-state index contributed by atoms with van der Waals surface area (Å²) in [5.74, 6) is -1.09. The van der Waals surface area contributed by atoms with Crippen molar-refractivity contribution in [3.8, 4) is 0 Å². The number of esters is 3. The van der Waals surface area contributed by atoms with Gasteiger partial charge in [-0.25, -0.2) is 19.2 Å². The molecule has 0 rings (SSSR count). The summed E-state index contributed by atoms with van der Waals surface area (Å²) in [5, 5.41) is 4.79. The largest absolute Gasteiger partial charge is 0.460 e. The molecule has 0 aliphatic carbocycles. The van der Waals surface area contributed by atoms with E-state index in [2.05, 4.69) is 28.5 Å². The van der Waals surface area contributed by atoms with E-state index in [1.54, 1.807) is 0 Å². The van der Waals surface area contributed by atoms with Crippen molar-refractivity contribution >= 4 is 53.5 Å². The van der Waals surface area contributed by atoms with E-state index < -0.39 is 36.2 Å². The van der Waals surface area contributed by atoms with E-state index >= 15 is 0 Å². The van der Waals surface area contributed by atoms with E-state index in [-0.39, 0.29) is 62.3 Å². The topological polar surface area (TPSA) is 156 Å². The number of rotatable bonds is 17. The minimum atomic E-state index is -0.853. The summed E-state index contributed by atoms with van der Waals surface area (Å²) >= 11 is 6.58. The molecule has 2 N–H and O–H groups in total. The van der Waals surface area contributed by atoms with Gasteiger partial charge in [-0.1, -0.05) is 24.8 Å². The van der Waals surface area contributed by atoms with Gasteiger partial charge in [-0.15, -0.1) is 0 Å². The molecule has 0 fully saturated rings. The fourth-order valence-electron chi connectivity index (χ4n) is 1.87. The second-order valence-electron chi connectivity index (χ2n) is 6.76. The maximum Gasteiger partial charge on any atom is 0.407 e. The van der Waals surface area contributed by atoms with E-state index in [0.717, 1.165) is 0 Å². The van der Waals surface area contributed by atoms with Gasteiger partial charge in [0.2, 0.25) is 0 Å². The first-order valence-electron chi connectivity index (χ1n) is 10.4. The fraction of sp³-hybridized carbons (Fsp3) is 0.571. The highest BCUT2D eigenvalue weighted by atomic mass is 35.5. The van der Waals surface area contributed by atoms with Gasteiger partial charge in [0.1, 0.15) is 25.9 Å². The lowest BCUT2D eigenvalue weighted by Gasteiger charge is -2.18. The lowest BCUT2D eigenvalue weighted by Crippen LogP contribution is -2.37. The minimum Gasteiger partial charge on any atom is -0.460 e. The lowest BCUT2D eigenvalue weighted by molar-refractivity contribution is -0.141. The van der Waals surface area contributed by atoms with Crippen LogP contribution in [0.5, 0.6) is 0 Å². The summed E-state index contributed by atoms with van der Waals surface area (Å²) in [4.78, 5) is 57.8. The van der Waals surface area contributed by atoms with Gasteiger partial charge in [0.05, 0.1) is 19.5 Å². The molecular weight excluding hydrogens is 508 g/mol. The number of carbonyl (C=O) groups excluding carboxylic acids is 5. The van der Waals surface area contributed by atoms with Gasteiger partial charge in [-0.2, -0.15) is 11.8 Å². The second-order valence-corrected chi connectivity index (χ2v) is 8.13. The third kappa shape index (κ3) is 18.1. The van der Waals surface area contributed by atoms with E-state index in [4.69, 9.17) is 30.5 Å². The van der Waals surface area contributed by atoms with Crippen LogP contribution in [0.25, 0.3) is 0 Å². The van der Waals surface area contributed by atoms with Gasteiger partial charge < -0.3 is 34.3 Å². The maximum atomic E-state index is 12.0. The molecular formula is C21H31ClN2O10S. The Morgan fingerprint density at radius 2 is 1.40 bits per heavy atom. The molecule has 0 spiro atoms. The molecule has 1 unspecified atom stereocenters. The number of amides is 2. The summed E-state index contributed by atoms with van der Waals surface area (Å²) in [6.07, 6.45) is -2.39. The number of alkyl carbamates (subject to hydrolysis) is 2. The van der Waals surface area contributed by atoms with Gasteiger partial charge in [0, 0.05) is 22.7 Å². The number of alkyl halides is 1. The van der Waals surface area contributed by atoms with E-state index in [0.29, 0.717) is 5.75 Å². The number of halogens is 1. The third-order valence-electron chi connectivity index (χ3n) is 3.55. The summed E-state index contributed by atoms with van der Waals surface area (Å²) in [5.41, 5.74) is 0.456. The first-order valence-corrected chi connectivity index (χ1v) is 12.0. The number of hydrogen-bond donors (Lipinski definition) is 2. The maximum absolute atomic E-state index is 12.0. The van der Waals surface area contributed by atoms with Crippen LogP contribution >= 0.6 is 23.4 Å². The molecule has 2 amide bonds. The molecule has 0 aromatic rings. The highest BCUT2D eigenvalue weighted by molar-refractivity contribution is 7.99. The van der Waals surface area contributed by atoms with Crippen LogP contribution in [-0.4, -0.2) is 86.7 Å². The first-order chi connectivity index (χ1) is 16.6. The average molecular weight is 539 g/mol. The Hall–Kier alpha value is -2.93. The predicted molar refractivity (Wildman–Crippen MR) is 128 cm³/mol. The Morgan fingerprint density at radius 3 is 1.91 bits per heavy atom. The van der Waals surface area contributed by atoms with Crippen LogP contribution in [0.1, 0.15) is 20.3 Å². The summed E-state index contributed by atoms with van der Waals surface area (Å²) in [7, 11) is 0. The zero-order chi connectivity index (χ0) is 26.6. The van der Waals surface area contributed by atoms with Gasteiger partial charge >= 0.3 is 30.1 Å². The zero-order valence-electron chi connectivity index (χ0n) is 19.7. The Kier molecular flexibility index (Phi) is 17.8. The molecule has 0 aromatic heterocycles. The Labute approximate surface area is 213 Å². The SMILES string of the molecule is C=C(C)C(=O)OCCNC(=O)OCC(CSCCC(=O)OCCl)OC(=O)NCCOC(=O)C(=C)C. The molecule has 0 bridgehead atoms. The molecule has 0 radical (unpaired) electrons. The van der Waals surface area contributed by atoms with Crippen LogP contribution in [-0.2, 0) is 38.1 Å². The standard InChI is InChI=1S/C21H31ClN2O10S/c1-14(2)18(26)30-8-6-23-20(28)32-11-16(12-35-10-5-17(25)33-13-22)34-21(29)24-7-9-31-19(27)15(3)4/h16H,1,3,5-13H2,2,4H3,(H,23,28)(H,24,29). The van der Waals surface area contributed by atoms with Crippen molar-refractivity contribution in [3.05, 3.63) is 24.3 Å². The van der Waals surface area contributed by atoms with Crippen LogP contribution < -0.4 is 10.6 Å². The number of hydrogen-bond acceptors (Lipinski definition) is 11. The lowest BCUT2D eigenvalue weighted by atomic mass is 10.4. The molecule has 12 nitrogen and oxygen atoms in total. The molecule has 0 saturated heterocycles. The fourth-order valence-corrected chi connectivity index (χ4v) is 2.90. The quantitative estimate of drug-likeness (QED) is 0.0916. The zero-order valence-corrected chi connectivity index (χ0v) is 21.3. The predicted octanol–water partition coefficient (Wildman–Crippen LogP) is 1.91. The molecule has 0 heterocycles. The summed E-state index contributed by atoms with van der Waals surface area (Å²) in [6.45, 7) is 9.42. The molecule has 0 aliphatic rings. The number of nitrogens with one attached hydrogen (secondary N) is 2. The molecule has 0 aliphatic heterocycles. The normalized spacial score (nSPS) is 10.8. The van der Waals surface area contributed by atoms with Crippen molar-refractivity contribution in [2.24, 2.45) is 0 Å². The van der Waals surface area contributed by atoms with Gasteiger partial charge in [0.25, 0.3) is 0 Å². The van der Waals surface area contributed by atoms with Crippen molar-refractivity contribution < 1.29 is 47.7 Å². The number of carbonyl (C=O) groups is 5. The van der Waals surface area contributed by atoms with E-state index in [1.807, 2.05) is 0 Å². The Morgan fingerprint density at radius 1 is 0.857 bits per heavy atom. The van der Waals surface area contributed by atoms with Gasteiger partial charge in [-0.05, 0) is 13.8 Å². The third-order valence-corrected chi connectivity index (χ3v) is 4.76. The molecule has 0 saturated carbocycles. The monoisotopic (exact) mass is 538 g/mol. The molecule has 198 valence electrons. The second kappa shape index (κ2) is 19.4. The van der Waals surface area contributed by atoms with Crippen LogP contribution in [0.4, 0.5) is 9.59 Å². The molecule has 35 heavy (non-hydrogen) atoms.